The number of amides is 1. The Balaban J connectivity index is 2.71. The lowest BCUT2D eigenvalue weighted by Crippen LogP contribution is -2.28. The third-order valence-corrected chi connectivity index (χ3v) is 1.58. The summed E-state index contributed by atoms with van der Waals surface area (Å²) in [5.74, 6) is -0.283. The number of benzene rings is 1. The van der Waals surface area contributed by atoms with Crippen LogP contribution in [0.15, 0.2) is 30.3 Å². The Morgan fingerprint density at radius 1 is 1.36 bits per heavy atom. The van der Waals surface area contributed by atoms with Gasteiger partial charge in [-0.05, 0) is 12.1 Å². The molecule has 0 fully saturated rings. The maximum Gasteiger partial charge on any atom is 0.286 e. The van der Waals surface area contributed by atoms with Crippen LogP contribution in [0, 0.1) is 5.41 Å². The Morgan fingerprint density at radius 2 is 1.93 bits per heavy atom. The number of hydroxylamine groups is 2. The summed E-state index contributed by atoms with van der Waals surface area (Å²) in [5.41, 5.74) is 0.538. The normalized spacial score (nSPS) is 9.29. The van der Waals surface area contributed by atoms with E-state index in [0.717, 1.165) is 5.06 Å². The Bertz CT molecular complexity index is 335. The highest BCUT2D eigenvalue weighted by Crippen LogP contribution is 2.03. The van der Waals surface area contributed by atoms with Gasteiger partial charge in [0.25, 0.3) is 5.91 Å². The van der Waals surface area contributed by atoms with Crippen molar-refractivity contribution in [1.82, 2.24) is 5.06 Å². The molecule has 0 aromatic heterocycles. The largest absolute Gasteiger partial charge is 0.362 e. The van der Waals surface area contributed by atoms with Gasteiger partial charge in [-0.15, -0.1) is 0 Å². The van der Waals surface area contributed by atoms with Crippen LogP contribution in [0.25, 0.3) is 0 Å². The average molecular weight is 192 g/mol. The molecule has 0 saturated carbocycles. The average Bonchev–Trinajstić information content (AvgIpc) is 2.17. The molecule has 4 heteroatoms. The number of rotatable bonds is 1. The van der Waals surface area contributed by atoms with Gasteiger partial charge in [0, 0.05) is 19.5 Å². The minimum absolute atomic E-state index is 0.0169. The number of nitrogens with zero attached hydrogens (tertiary/aromatic N) is 1. The van der Waals surface area contributed by atoms with E-state index in [-0.39, 0.29) is 11.8 Å². The summed E-state index contributed by atoms with van der Waals surface area (Å²) in [6, 6.07) is 8.78. The minimum Gasteiger partial charge on any atom is -0.362 e. The SMILES string of the molecule is CC(=N)ON(C)C(=O)c1ccccc1. The zero-order valence-corrected chi connectivity index (χ0v) is 8.15. The van der Waals surface area contributed by atoms with Crippen molar-refractivity contribution in [2.75, 3.05) is 7.05 Å². The standard InChI is InChI=1S/C10H12N2O2/c1-8(11)14-12(2)10(13)9-6-4-3-5-7-9/h3-7,11H,1-2H3. The maximum absolute atomic E-state index is 11.6. The minimum atomic E-state index is -0.266. The topological polar surface area (TPSA) is 53.4 Å². The quantitative estimate of drug-likeness (QED) is 0.418. The Morgan fingerprint density at radius 3 is 2.43 bits per heavy atom. The van der Waals surface area contributed by atoms with E-state index >= 15 is 0 Å². The van der Waals surface area contributed by atoms with Gasteiger partial charge in [-0.1, -0.05) is 18.2 Å². The molecular weight excluding hydrogens is 180 g/mol. The van der Waals surface area contributed by atoms with Gasteiger partial charge in [0.1, 0.15) is 0 Å². The molecule has 0 bridgehead atoms. The third-order valence-electron chi connectivity index (χ3n) is 1.58. The van der Waals surface area contributed by atoms with Crippen molar-refractivity contribution in [2.24, 2.45) is 0 Å². The van der Waals surface area contributed by atoms with E-state index in [1.807, 2.05) is 6.07 Å². The van der Waals surface area contributed by atoms with E-state index in [9.17, 15) is 4.79 Å². The Hall–Kier alpha value is -1.84. The molecule has 0 saturated heterocycles. The zero-order chi connectivity index (χ0) is 10.6. The predicted octanol–water partition coefficient (Wildman–Crippen LogP) is 1.69. The highest BCUT2D eigenvalue weighted by Gasteiger charge is 2.12. The molecule has 0 heterocycles. The molecular formula is C10H12N2O2. The van der Waals surface area contributed by atoms with Gasteiger partial charge >= 0.3 is 0 Å². The second-order valence-corrected chi connectivity index (χ2v) is 2.82. The number of hydrogen-bond donors (Lipinski definition) is 1. The van der Waals surface area contributed by atoms with Gasteiger partial charge in [0.2, 0.25) is 5.90 Å². The van der Waals surface area contributed by atoms with Crippen molar-refractivity contribution < 1.29 is 9.63 Å². The van der Waals surface area contributed by atoms with Gasteiger partial charge in [-0.25, -0.2) is 0 Å². The van der Waals surface area contributed by atoms with Crippen LogP contribution in [-0.2, 0) is 4.84 Å². The summed E-state index contributed by atoms with van der Waals surface area (Å²) in [6.45, 7) is 1.47. The first-order valence-electron chi connectivity index (χ1n) is 4.17. The molecule has 1 amide bonds. The smallest absolute Gasteiger partial charge is 0.286 e. The van der Waals surface area contributed by atoms with Crippen LogP contribution in [0.4, 0.5) is 0 Å². The van der Waals surface area contributed by atoms with Crippen LogP contribution in [0.5, 0.6) is 0 Å². The van der Waals surface area contributed by atoms with Crippen molar-refractivity contribution >= 4 is 11.8 Å². The van der Waals surface area contributed by atoms with Crippen LogP contribution >= 0.6 is 0 Å². The summed E-state index contributed by atoms with van der Waals surface area (Å²) >= 11 is 0. The van der Waals surface area contributed by atoms with Crippen molar-refractivity contribution in [3.05, 3.63) is 35.9 Å². The second-order valence-electron chi connectivity index (χ2n) is 2.82. The summed E-state index contributed by atoms with van der Waals surface area (Å²) in [6.07, 6.45) is 0. The number of hydrogen-bond acceptors (Lipinski definition) is 3. The second kappa shape index (κ2) is 4.41. The Kier molecular flexibility index (Phi) is 3.23. The molecule has 1 N–H and O–H groups in total. The first-order valence-corrected chi connectivity index (χ1v) is 4.17. The fourth-order valence-electron chi connectivity index (χ4n) is 1.01. The third kappa shape index (κ3) is 2.58. The highest BCUT2D eigenvalue weighted by atomic mass is 16.7. The fourth-order valence-corrected chi connectivity index (χ4v) is 1.01. The van der Waals surface area contributed by atoms with Crippen molar-refractivity contribution in [3.63, 3.8) is 0 Å². The molecule has 0 aliphatic rings. The van der Waals surface area contributed by atoms with E-state index < -0.39 is 0 Å². The van der Waals surface area contributed by atoms with Crippen LogP contribution in [-0.4, -0.2) is 23.9 Å². The first kappa shape index (κ1) is 10.2. The number of carbonyl (C=O) groups excluding carboxylic acids is 1. The summed E-state index contributed by atoms with van der Waals surface area (Å²) in [5, 5.41) is 8.10. The fraction of sp³-hybridized carbons (Fsp3) is 0.200. The Labute approximate surface area is 82.6 Å². The van der Waals surface area contributed by atoms with Gasteiger partial charge < -0.3 is 4.84 Å². The lowest BCUT2D eigenvalue weighted by molar-refractivity contribution is -0.0258. The number of carbonyl (C=O) groups is 1. The van der Waals surface area contributed by atoms with Gasteiger partial charge in [0.15, 0.2) is 0 Å². The predicted molar refractivity (Wildman–Crippen MR) is 53.0 cm³/mol. The molecule has 1 aromatic carbocycles. The van der Waals surface area contributed by atoms with E-state index in [0.29, 0.717) is 5.56 Å². The zero-order valence-electron chi connectivity index (χ0n) is 8.15. The van der Waals surface area contributed by atoms with E-state index in [2.05, 4.69) is 0 Å². The molecule has 1 aromatic rings. The van der Waals surface area contributed by atoms with Crippen LogP contribution in [0.2, 0.25) is 0 Å². The van der Waals surface area contributed by atoms with Crippen LogP contribution in [0.3, 0.4) is 0 Å². The van der Waals surface area contributed by atoms with Crippen molar-refractivity contribution in [3.8, 4) is 0 Å². The van der Waals surface area contributed by atoms with Crippen LogP contribution < -0.4 is 0 Å². The van der Waals surface area contributed by atoms with E-state index in [1.165, 1.54) is 14.0 Å². The monoisotopic (exact) mass is 192 g/mol. The molecule has 0 aliphatic carbocycles. The van der Waals surface area contributed by atoms with Gasteiger partial charge in [0.05, 0.1) is 0 Å². The molecule has 0 radical (unpaired) electrons. The van der Waals surface area contributed by atoms with Gasteiger partial charge in [-0.3, -0.25) is 10.2 Å². The molecule has 1 rings (SSSR count). The van der Waals surface area contributed by atoms with Crippen molar-refractivity contribution in [1.29, 1.82) is 5.41 Å². The summed E-state index contributed by atoms with van der Waals surface area (Å²) in [4.78, 5) is 16.4. The summed E-state index contributed by atoms with van der Waals surface area (Å²) in [7, 11) is 1.48. The lowest BCUT2D eigenvalue weighted by Gasteiger charge is -2.15. The van der Waals surface area contributed by atoms with E-state index in [1.54, 1.807) is 24.3 Å². The first-order chi connectivity index (χ1) is 6.61. The van der Waals surface area contributed by atoms with Gasteiger partial charge in [-0.2, -0.15) is 5.06 Å². The molecule has 0 aliphatic heterocycles. The molecule has 0 atom stereocenters. The highest BCUT2D eigenvalue weighted by molar-refractivity contribution is 5.93. The molecule has 74 valence electrons. The van der Waals surface area contributed by atoms with Crippen LogP contribution in [0.1, 0.15) is 17.3 Å². The maximum atomic E-state index is 11.6. The molecule has 0 unspecified atom stereocenters. The lowest BCUT2D eigenvalue weighted by atomic mass is 10.2. The van der Waals surface area contributed by atoms with E-state index in [4.69, 9.17) is 10.2 Å². The molecule has 4 nitrogen and oxygen atoms in total. The molecule has 0 spiro atoms. The van der Waals surface area contributed by atoms with Crippen molar-refractivity contribution in [2.45, 2.75) is 6.92 Å². The number of nitrogens with one attached hydrogen (secondary N) is 1. The summed E-state index contributed by atoms with van der Waals surface area (Å²) < 4.78 is 0. The molecule has 14 heavy (non-hydrogen) atoms.